The third-order valence-electron chi connectivity index (χ3n) is 3.50. The van der Waals surface area contributed by atoms with Crippen LogP contribution in [0.1, 0.15) is 19.4 Å². The van der Waals surface area contributed by atoms with Gasteiger partial charge in [-0.05, 0) is 19.4 Å². The third-order valence-corrected chi connectivity index (χ3v) is 3.50. The lowest BCUT2D eigenvalue weighted by atomic mass is 10.1. The van der Waals surface area contributed by atoms with E-state index < -0.39 is 0 Å². The van der Waals surface area contributed by atoms with E-state index in [1.165, 1.54) is 6.07 Å². The van der Waals surface area contributed by atoms with Crippen LogP contribution in [0.4, 0.5) is 5.69 Å². The van der Waals surface area contributed by atoms with E-state index in [9.17, 15) is 10.1 Å². The predicted octanol–water partition coefficient (Wildman–Crippen LogP) is 1.78. The molecule has 1 aromatic rings. The second kappa shape index (κ2) is 5.46. The number of hydrogen-bond acceptors (Lipinski definition) is 4. The van der Waals surface area contributed by atoms with Gasteiger partial charge in [-0.25, -0.2) is 0 Å². The summed E-state index contributed by atoms with van der Waals surface area (Å²) in [6, 6.07) is 7.82. The molecule has 1 aliphatic heterocycles. The maximum absolute atomic E-state index is 10.8. The van der Waals surface area contributed by atoms with Crippen molar-refractivity contribution in [2.24, 2.45) is 0 Å². The minimum absolute atomic E-state index is 0.169. The molecule has 0 aromatic heterocycles. The maximum Gasteiger partial charge on any atom is 0.269 e. The summed E-state index contributed by atoms with van der Waals surface area (Å²) in [6.45, 7) is 7.07. The summed E-state index contributed by atoms with van der Waals surface area (Å²) in [7, 11) is 0. The van der Waals surface area contributed by atoms with Crippen molar-refractivity contribution in [1.82, 2.24) is 10.2 Å². The Morgan fingerprint density at radius 2 is 2.06 bits per heavy atom. The van der Waals surface area contributed by atoms with Gasteiger partial charge in [0, 0.05) is 43.9 Å². The summed E-state index contributed by atoms with van der Waals surface area (Å²) in [5, 5.41) is 14.1. The van der Waals surface area contributed by atoms with E-state index in [1.807, 2.05) is 6.07 Å². The van der Waals surface area contributed by atoms with Crippen molar-refractivity contribution in [3.8, 4) is 0 Å². The largest absolute Gasteiger partial charge is 0.314 e. The molecule has 0 bridgehead atoms. The monoisotopic (exact) mass is 249 g/mol. The van der Waals surface area contributed by atoms with E-state index in [4.69, 9.17) is 0 Å². The van der Waals surface area contributed by atoms with Crippen molar-refractivity contribution in [3.05, 3.63) is 39.9 Å². The first-order valence-electron chi connectivity index (χ1n) is 6.27. The van der Waals surface area contributed by atoms with Crippen LogP contribution in [-0.4, -0.2) is 35.0 Å². The molecule has 0 saturated carbocycles. The van der Waals surface area contributed by atoms with Crippen LogP contribution in [-0.2, 0) is 6.54 Å². The Morgan fingerprint density at radius 1 is 1.39 bits per heavy atom. The molecule has 2 rings (SSSR count). The van der Waals surface area contributed by atoms with Gasteiger partial charge in [0.05, 0.1) is 4.92 Å². The maximum atomic E-state index is 10.8. The predicted molar refractivity (Wildman–Crippen MR) is 70.4 cm³/mol. The molecule has 5 nitrogen and oxygen atoms in total. The molecular weight excluding hydrogens is 230 g/mol. The highest BCUT2D eigenvalue weighted by Crippen LogP contribution is 2.18. The first-order valence-corrected chi connectivity index (χ1v) is 6.27. The van der Waals surface area contributed by atoms with E-state index in [2.05, 4.69) is 24.1 Å². The van der Waals surface area contributed by atoms with Gasteiger partial charge in [-0.1, -0.05) is 12.1 Å². The summed E-state index contributed by atoms with van der Waals surface area (Å²) in [6.07, 6.45) is 0. The lowest BCUT2D eigenvalue weighted by molar-refractivity contribution is -0.384. The van der Waals surface area contributed by atoms with Gasteiger partial charge >= 0.3 is 0 Å². The Morgan fingerprint density at radius 3 is 2.67 bits per heavy atom. The van der Waals surface area contributed by atoms with Gasteiger partial charge in [0.25, 0.3) is 5.69 Å². The Hall–Kier alpha value is -1.46. The lowest BCUT2D eigenvalue weighted by Gasteiger charge is -2.39. The van der Waals surface area contributed by atoms with E-state index in [-0.39, 0.29) is 10.6 Å². The van der Waals surface area contributed by atoms with E-state index in [1.54, 1.807) is 12.1 Å². The zero-order valence-electron chi connectivity index (χ0n) is 10.8. The molecule has 18 heavy (non-hydrogen) atoms. The Balaban J connectivity index is 2.12. The molecular formula is C13H19N3O2. The highest BCUT2D eigenvalue weighted by atomic mass is 16.6. The van der Waals surface area contributed by atoms with Crippen molar-refractivity contribution in [2.45, 2.75) is 32.5 Å². The number of nitrogens with zero attached hydrogens (tertiary/aromatic N) is 2. The summed E-state index contributed by atoms with van der Waals surface area (Å²) in [5.74, 6) is 0. The molecule has 2 atom stereocenters. The number of piperazine rings is 1. The zero-order chi connectivity index (χ0) is 13.1. The topological polar surface area (TPSA) is 58.4 Å². The molecule has 0 radical (unpaired) electrons. The molecule has 1 aromatic carbocycles. The second-order valence-electron chi connectivity index (χ2n) is 4.96. The van der Waals surface area contributed by atoms with Crippen molar-refractivity contribution < 1.29 is 4.92 Å². The fourth-order valence-corrected chi connectivity index (χ4v) is 2.46. The average Bonchev–Trinajstić information content (AvgIpc) is 2.34. The normalized spacial score (nSPS) is 25.0. The molecule has 1 fully saturated rings. The number of nitrogens with one attached hydrogen (secondary N) is 1. The Labute approximate surface area is 107 Å². The number of hydrogen-bond donors (Lipinski definition) is 1. The summed E-state index contributed by atoms with van der Waals surface area (Å²) >= 11 is 0. The minimum Gasteiger partial charge on any atom is -0.314 e. The standard InChI is InChI=1S/C13H19N3O2/c1-10-7-14-8-11(2)15(10)9-12-4-3-5-13(6-12)16(17)18/h3-6,10-11,14H,7-9H2,1-2H3. The molecule has 2 unspecified atom stereocenters. The third kappa shape index (κ3) is 2.86. The van der Waals surface area contributed by atoms with Gasteiger partial charge in [-0.15, -0.1) is 0 Å². The second-order valence-corrected chi connectivity index (χ2v) is 4.96. The van der Waals surface area contributed by atoms with E-state index in [0.29, 0.717) is 12.1 Å². The van der Waals surface area contributed by atoms with Crippen LogP contribution in [0, 0.1) is 10.1 Å². The van der Waals surface area contributed by atoms with Crippen LogP contribution >= 0.6 is 0 Å². The molecule has 1 saturated heterocycles. The van der Waals surface area contributed by atoms with Gasteiger partial charge in [-0.2, -0.15) is 0 Å². The SMILES string of the molecule is CC1CNCC(C)N1Cc1cccc([N+](=O)[O-])c1. The van der Waals surface area contributed by atoms with Gasteiger partial charge in [0.15, 0.2) is 0 Å². The van der Waals surface area contributed by atoms with Crippen LogP contribution in [0.3, 0.4) is 0 Å². The van der Waals surface area contributed by atoms with Crippen LogP contribution < -0.4 is 5.32 Å². The summed E-state index contributed by atoms with van der Waals surface area (Å²) in [4.78, 5) is 12.8. The quantitative estimate of drug-likeness (QED) is 0.655. The van der Waals surface area contributed by atoms with Gasteiger partial charge in [-0.3, -0.25) is 15.0 Å². The van der Waals surface area contributed by atoms with Crippen LogP contribution in [0.2, 0.25) is 0 Å². The molecule has 1 N–H and O–H groups in total. The van der Waals surface area contributed by atoms with E-state index >= 15 is 0 Å². The van der Waals surface area contributed by atoms with Gasteiger partial charge in [0.1, 0.15) is 0 Å². The fourth-order valence-electron chi connectivity index (χ4n) is 2.46. The number of benzene rings is 1. The number of rotatable bonds is 3. The smallest absolute Gasteiger partial charge is 0.269 e. The van der Waals surface area contributed by atoms with Gasteiger partial charge < -0.3 is 5.32 Å². The number of nitro benzene ring substituents is 1. The molecule has 1 aliphatic rings. The highest BCUT2D eigenvalue weighted by molar-refractivity contribution is 5.34. The minimum atomic E-state index is -0.339. The molecule has 0 aliphatic carbocycles. The van der Waals surface area contributed by atoms with Crippen molar-refractivity contribution in [3.63, 3.8) is 0 Å². The number of nitro groups is 1. The first-order chi connectivity index (χ1) is 8.58. The van der Waals surface area contributed by atoms with Crippen LogP contribution in [0.25, 0.3) is 0 Å². The van der Waals surface area contributed by atoms with Crippen LogP contribution in [0.5, 0.6) is 0 Å². The lowest BCUT2D eigenvalue weighted by Crippen LogP contribution is -2.54. The molecule has 1 heterocycles. The summed E-state index contributed by atoms with van der Waals surface area (Å²) in [5.41, 5.74) is 1.17. The van der Waals surface area contributed by atoms with Crippen molar-refractivity contribution >= 4 is 5.69 Å². The fraction of sp³-hybridized carbons (Fsp3) is 0.538. The first kappa shape index (κ1) is 13.0. The molecule has 98 valence electrons. The molecule has 0 spiro atoms. The zero-order valence-corrected chi connectivity index (χ0v) is 10.8. The highest BCUT2D eigenvalue weighted by Gasteiger charge is 2.24. The molecule has 5 heteroatoms. The van der Waals surface area contributed by atoms with Crippen molar-refractivity contribution in [2.75, 3.05) is 13.1 Å². The summed E-state index contributed by atoms with van der Waals surface area (Å²) < 4.78 is 0. The van der Waals surface area contributed by atoms with Crippen molar-refractivity contribution in [1.29, 1.82) is 0 Å². The Bertz CT molecular complexity index is 426. The molecule has 0 amide bonds. The average molecular weight is 249 g/mol. The van der Waals surface area contributed by atoms with Crippen LogP contribution in [0.15, 0.2) is 24.3 Å². The van der Waals surface area contributed by atoms with E-state index in [0.717, 1.165) is 25.2 Å². The Kier molecular flexibility index (Phi) is 3.93. The number of non-ortho nitro benzene ring substituents is 1. The van der Waals surface area contributed by atoms with Gasteiger partial charge in [0.2, 0.25) is 0 Å².